The summed E-state index contributed by atoms with van der Waals surface area (Å²) in [5.41, 5.74) is 10.1. The standard InChI is InChI=1S/C26H20N4OS/c1-18(21-11-7-19(16-27)8-12-21)29-30-26(31)23-13-9-20(10-14-23)17-32-24-6-2-4-22-5-3-15-28-25(22)24/h2-15,29H,1,17H2,(H,30,31). The van der Waals surface area contributed by atoms with Crippen LogP contribution in [0.15, 0.2) is 96.5 Å². The Morgan fingerprint density at radius 1 is 0.938 bits per heavy atom. The lowest BCUT2D eigenvalue weighted by atomic mass is 10.1. The molecule has 4 aromatic rings. The van der Waals surface area contributed by atoms with Crippen LogP contribution in [0.1, 0.15) is 27.0 Å². The highest BCUT2D eigenvalue weighted by Crippen LogP contribution is 2.28. The zero-order chi connectivity index (χ0) is 22.3. The molecule has 0 saturated carbocycles. The summed E-state index contributed by atoms with van der Waals surface area (Å²) < 4.78 is 0. The zero-order valence-electron chi connectivity index (χ0n) is 17.2. The van der Waals surface area contributed by atoms with Gasteiger partial charge in [-0.3, -0.25) is 20.6 Å². The van der Waals surface area contributed by atoms with Crippen molar-refractivity contribution < 1.29 is 4.79 Å². The van der Waals surface area contributed by atoms with Crippen LogP contribution in [-0.4, -0.2) is 10.9 Å². The molecule has 6 heteroatoms. The number of nitriles is 1. The summed E-state index contributed by atoms with van der Waals surface area (Å²) in [6.45, 7) is 3.92. The van der Waals surface area contributed by atoms with E-state index in [0.29, 0.717) is 16.8 Å². The van der Waals surface area contributed by atoms with Crippen molar-refractivity contribution in [3.8, 4) is 6.07 Å². The first-order valence-electron chi connectivity index (χ1n) is 9.95. The maximum atomic E-state index is 12.4. The molecule has 0 aliphatic carbocycles. The third-order valence-corrected chi connectivity index (χ3v) is 6.01. The second-order valence-electron chi connectivity index (χ2n) is 7.06. The molecule has 0 aliphatic heterocycles. The van der Waals surface area contributed by atoms with Gasteiger partial charge in [0.25, 0.3) is 5.91 Å². The number of amides is 1. The van der Waals surface area contributed by atoms with Crippen LogP contribution in [0.2, 0.25) is 0 Å². The van der Waals surface area contributed by atoms with Crippen LogP contribution < -0.4 is 10.9 Å². The molecule has 0 spiro atoms. The summed E-state index contributed by atoms with van der Waals surface area (Å²) in [6, 6.07) is 26.7. The van der Waals surface area contributed by atoms with Gasteiger partial charge in [-0.2, -0.15) is 5.26 Å². The first kappa shape index (κ1) is 21.2. The molecular formula is C26H20N4OS. The Bertz CT molecular complexity index is 1300. The third-order valence-electron chi connectivity index (χ3n) is 4.90. The minimum absolute atomic E-state index is 0.253. The van der Waals surface area contributed by atoms with Crippen molar-refractivity contribution in [1.82, 2.24) is 15.8 Å². The SMILES string of the molecule is C=C(NNC(=O)c1ccc(CSc2cccc3cccnc23)cc1)c1ccc(C#N)cc1. The first-order valence-corrected chi connectivity index (χ1v) is 10.9. The molecule has 0 unspecified atom stereocenters. The average Bonchev–Trinajstić information content (AvgIpc) is 2.86. The lowest BCUT2D eigenvalue weighted by Crippen LogP contribution is -2.35. The Morgan fingerprint density at radius 3 is 2.41 bits per heavy atom. The fraction of sp³-hybridized carbons (Fsp3) is 0.0385. The number of para-hydroxylation sites is 1. The second-order valence-corrected chi connectivity index (χ2v) is 8.08. The van der Waals surface area contributed by atoms with Crippen LogP contribution in [0.5, 0.6) is 0 Å². The number of fused-ring (bicyclic) bond motifs is 1. The molecule has 0 radical (unpaired) electrons. The van der Waals surface area contributed by atoms with Gasteiger partial charge in [0.1, 0.15) is 0 Å². The van der Waals surface area contributed by atoms with Crippen LogP contribution in [0, 0.1) is 11.3 Å². The number of pyridine rings is 1. The molecule has 1 aromatic heterocycles. The number of carbonyl (C=O) groups is 1. The summed E-state index contributed by atoms with van der Waals surface area (Å²) in [4.78, 5) is 18.1. The van der Waals surface area contributed by atoms with E-state index in [1.54, 1.807) is 48.2 Å². The summed E-state index contributed by atoms with van der Waals surface area (Å²) >= 11 is 1.72. The Morgan fingerprint density at radius 2 is 1.66 bits per heavy atom. The minimum atomic E-state index is -0.253. The number of thioether (sulfide) groups is 1. The van der Waals surface area contributed by atoms with Crippen LogP contribution >= 0.6 is 11.8 Å². The molecule has 0 aliphatic rings. The number of nitrogens with zero attached hydrogens (tertiary/aromatic N) is 2. The van der Waals surface area contributed by atoms with Crippen molar-refractivity contribution in [2.75, 3.05) is 0 Å². The van der Waals surface area contributed by atoms with E-state index in [1.165, 1.54) is 0 Å². The fourth-order valence-electron chi connectivity index (χ4n) is 3.13. The number of hydrogen-bond acceptors (Lipinski definition) is 5. The van der Waals surface area contributed by atoms with Crippen LogP contribution in [-0.2, 0) is 5.75 Å². The van der Waals surface area contributed by atoms with E-state index in [0.717, 1.165) is 32.7 Å². The number of rotatable bonds is 7. The van der Waals surface area contributed by atoms with E-state index < -0.39 is 0 Å². The lowest BCUT2D eigenvalue weighted by molar-refractivity contribution is 0.0942. The van der Waals surface area contributed by atoms with E-state index in [2.05, 4.69) is 46.7 Å². The molecule has 3 aromatic carbocycles. The van der Waals surface area contributed by atoms with Gasteiger partial charge in [-0.1, -0.05) is 49.0 Å². The molecule has 32 heavy (non-hydrogen) atoms. The van der Waals surface area contributed by atoms with Crippen LogP contribution in [0.4, 0.5) is 0 Å². The van der Waals surface area contributed by atoms with E-state index in [-0.39, 0.29) is 5.91 Å². The summed E-state index contributed by atoms with van der Waals surface area (Å²) in [6.07, 6.45) is 1.81. The highest BCUT2D eigenvalue weighted by atomic mass is 32.2. The molecule has 0 saturated heterocycles. The van der Waals surface area contributed by atoms with E-state index in [4.69, 9.17) is 5.26 Å². The summed E-state index contributed by atoms with van der Waals surface area (Å²) in [7, 11) is 0. The normalized spacial score (nSPS) is 10.3. The van der Waals surface area contributed by atoms with Gasteiger partial charge in [0, 0.05) is 27.8 Å². The number of carbonyl (C=O) groups excluding carboxylic acids is 1. The molecule has 0 atom stereocenters. The van der Waals surface area contributed by atoms with E-state index in [1.807, 2.05) is 30.5 Å². The highest BCUT2D eigenvalue weighted by molar-refractivity contribution is 7.98. The molecule has 156 valence electrons. The summed E-state index contributed by atoms with van der Waals surface area (Å²) in [5, 5.41) is 10.00. The fourth-order valence-corrected chi connectivity index (χ4v) is 4.13. The third kappa shape index (κ3) is 4.97. The molecule has 5 nitrogen and oxygen atoms in total. The van der Waals surface area contributed by atoms with E-state index in [9.17, 15) is 4.79 Å². The van der Waals surface area contributed by atoms with Gasteiger partial charge >= 0.3 is 0 Å². The Hall–Kier alpha value is -4.08. The minimum Gasteiger partial charge on any atom is -0.298 e. The smallest absolute Gasteiger partial charge is 0.269 e. The molecule has 4 rings (SSSR count). The maximum Gasteiger partial charge on any atom is 0.269 e. The predicted octanol–water partition coefficient (Wildman–Crippen LogP) is 5.30. The Balaban J connectivity index is 1.33. The molecule has 2 N–H and O–H groups in total. The van der Waals surface area contributed by atoms with E-state index >= 15 is 0 Å². The number of aromatic nitrogens is 1. The largest absolute Gasteiger partial charge is 0.298 e. The molecule has 0 fully saturated rings. The van der Waals surface area contributed by atoms with Gasteiger partial charge in [0.05, 0.1) is 22.8 Å². The van der Waals surface area contributed by atoms with Gasteiger partial charge in [0.2, 0.25) is 0 Å². The molecular weight excluding hydrogens is 416 g/mol. The second kappa shape index (κ2) is 9.82. The number of nitrogens with one attached hydrogen (secondary N) is 2. The van der Waals surface area contributed by atoms with Crippen molar-refractivity contribution in [2.24, 2.45) is 0 Å². The number of benzene rings is 3. The van der Waals surface area contributed by atoms with Gasteiger partial charge in [-0.15, -0.1) is 11.8 Å². The van der Waals surface area contributed by atoms with Gasteiger partial charge in [-0.05, 0) is 47.5 Å². The van der Waals surface area contributed by atoms with Crippen LogP contribution in [0.3, 0.4) is 0 Å². The van der Waals surface area contributed by atoms with Crippen molar-refractivity contribution in [2.45, 2.75) is 10.6 Å². The van der Waals surface area contributed by atoms with Gasteiger partial charge in [-0.25, -0.2) is 0 Å². The van der Waals surface area contributed by atoms with Crippen molar-refractivity contribution in [3.63, 3.8) is 0 Å². The summed E-state index contributed by atoms with van der Waals surface area (Å²) in [5.74, 6) is 0.531. The molecule has 1 amide bonds. The topological polar surface area (TPSA) is 77.8 Å². The zero-order valence-corrected chi connectivity index (χ0v) is 18.0. The van der Waals surface area contributed by atoms with Crippen LogP contribution in [0.25, 0.3) is 16.6 Å². The Kier molecular flexibility index (Phi) is 6.49. The monoisotopic (exact) mass is 436 g/mol. The Labute approximate surface area is 190 Å². The number of hydrogen-bond donors (Lipinski definition) is 2. The number of hydrazine groups is 1. The molecule has 0 bridgehead atoms. The highest BCUT2D eigenvalue weighted by Gasteiger charge is 2.08. The lowest BCUT2D eigenvalue weighted by Gasteiger charge is -2.12. The first-order chi connectivity index (χ1) is 15.6. The van der Waals surface area contributed by atoms with Crippen molar-refractivity contribution in [1.29, 1.82) is 5.26 Å². The maximum absolute atomic E-state index is 12.4. The van der Waals surface area contributed by atoms with Crippen molar-refractivity contribution in [3.05, 3.63) is 114 Å². The predicted molar refractivity (Wildman–Crippen MR) is 129 cm³/mol. The van der Waals surface area contributed by atoms with Gasteiger partial charge in [0.15, 0.2) is 0 Å². The quantitative estimate of drug-likeness (QED) is 0.303. The van der Waals surface area contributed by atoms with Gasteiger partial charge < -0.3 is 0 Å². The molecule has 1 heterocycles. The average molecular weight is 437 g/mol. The van der Waals surface area contributed by atoms with Crippen molar-refractivity contribution >= 4 is 34.3 Å².